The van der Waals surface area contributed by atoms with Crippen molar-refractivity contribution < 1.29 is 18.7 Å². The molecule has 1 aliphatic heterocycles. The molecule has 0 saturated heterocycles. The Morgan fingerprint density at radius 2 is 1.62 bits per heavy atom. The Kier molecular flexibility index (Phi) is 9.71. The molecule has 0 saturated carbocycles. The zero-order valence-electron chi connectivity index (χ0n) is 23.0. The topological polar surface area (TPSA) is 61.9 Å². The van der Waals surface area contributed by atoms with E-state index in [1.165, 1.54) is 12.1 Å². The van der Waals surface area contributed by atoms with Crippen LogP contribution < -0.4 is 10.1 Å². The molecule has 1 N–H and O–H groups in total. The highest BCUT2D eigenvalue weighted by molar-refractivity contribution is 6.01. The van der Waals surface area contributed by atoms with Crippen LogP contribution >= 0.6 is 0 Å². The van der Waals surface area contributed by atoms with Gasteiger partial charge < -0.3 is 19.9 Å². The number of fused-ring (bicyclic) bond motifs is 1. The van der Waals surface area contributed by atoms with Gasteiger partial charge in [0.05, 0.1) is 19.1 Å². The van der Waals surface area contributed by atoms with Crippen LogP contribution in [0.1, 0.15) is 65.7 Å². The average molecular weight is 532 g/mol. The number of benzene rings is 3. The first-order valence-corrected chi connectivity index (χ1v) is 13.7. The van der Waals surface area contributed by atoms with Crippen molar-refractivity contribution in [2.75, 3.05) is 33.3 Å². The van der Waals surface area contributed by atoms with Crippen LogP contribution in [0.15, 0.2) is 72.8 Å². The molecule has 1 heterocycles. The highest BCUT2D eigenvalue weighted by Gasteiger charge is 2.44. The summed E-state index contributed by atoms with van der Waals surface area (Å²) in [7, 11) is 1.60. The first-order valence-electron chi connectivity index (χ1n) is 13.7. The highest BCUT2D eigenvalue weighted by Crippen LogP contribution is 2.44. The fourth-order valence-corrected chi connectivity index (χ4v) is 5.42. The molecule has 3 aromatic carbocycles. The van der Waals surface area contributed by atoms with Crippen molar-refractivity contribution in [3.05, 3.63) is 101 Å². The van der Waals surface area contributed by atoms with Gasteiger partial charge in [-0.3, -0.25) is 9.59 Å². The summed E-state index contributed by atoms with van der Waals surface area (Å²) in [4.78, 5) is 32.0. The molecule has 7 heteroatoms. The number of carbonyl (C=O) groups excluding carboxylic acids is 2. The molecule has 2 unspecified atom stereocenters. The SMILES string of the molecule is CCCN(CCC)CCNC(=O)C1c2ccccc2C(=O)N(Cc2ccc(F)cc2)C1c1ccc(OC)cc1. The van der Waals surface area contributed by atoms with Crippen LogP contribution in [0.5, 0.6) is 5.75 Å². The number of rotatable bonds is 12. The Labute approximate surface area is 230 Å². The maximum absolute atomic E-state index is 14.0. The molecular weight excluding hydrogens is 493 g/mol. The third-order valence-electron chi connectivity index (χ3n) is 7.25. The molecular formula is C32H38FN3O3. The molecule has 2 amide bonds. The van der Waals surface area contributed by atoms with Gasteiger partial charge in [-0.2, -0.15) is 0 Å². The smallest absolute Gasteiger partial charge is 0.255 e. The normalized spacial score (nSPS) is 16.7. The molecule has 4 rings (SSSR count). The van der Waals surface area contributed by atoms with Crippen LogP contribution in [0.25, 0.3) is 0 Å². The average Bonchev–Trinajstić information content (AvgIpc) is 2.95. The van der Waals surface area contributed by atoms with E-state index < -0.39 is 12.0 Å². The van der Waals surface area contributed by atoms with Crippen LogP contribution in [0.2, 0.25) is 0 Å². The van der Waals surface area contributed by atoms with E-state index >= 15 is 0 Å². The predicted molar refractivity (Wildman–Crippen MR) is 151 cm³/mol. The van der Waals surface area contributed by atoms with Gasteiger partial charge >= 0.3 is 0 Å². The Morgan fingerprint density at radius 1 is 0.949 bits per heavy atom. The fraction of sp³-hybridized carbons (Fsp3) is 0.375. The number of carbonyl (C=O) groups is 2. The molecule has 0 aromatic heterocycles. The van der Waals surface area contributed by atoms with Gasteiger partial charge in [-0.25, -0.2) is 4.39 Å². The number of methoxy groups -OCH3 is 1. The van der Waals surface area contributed by atoms with Crippen molar-refractivity contribution in [3.8, 4) is 5.75 Å². The number of hydrogen-bond donors (Lipinski definition) is 1. The van der Waals surface area contributed by atoms with E-state index in [0.717, 1.165) is 49.2 Å². The maximum Gasteiger partial charge on any atom is 0.255 e. The van der Waals surface area contributed by atoms with E-state index in [2.05, 4.69) is 24.1 Å². The Bertz CT molecular complexity index is 1240. The van der Waals surface area contributed by atoms with Gasteiger partial charge in [0, 0.05) is 25.2 Å². The minimum absolute atomic E-state index is 0.118. The molecule has 0 radical (unpaired) electrons. The number of ether oxygens (including phenoxy) is 1. The number of amides is 2. The van der Waals surface area contributed by atoms with Crippen molar-refractivity contribution in [1.82, 2.24) is 15.1 Å². The molecule has 2 atom stereocenters. The van der Waals surface area contributed by atoms with Crippen LogP contribution in [0.4, 0.5) is 4.39 Å². The van der Waals surface area contributed by atoms with Crippen LogP contribution in [-0.4, -0.2) is 54.9 Å². The van der Waals surface area contributed by atoms with E-state index in [0.29, 0.717) is 17.9 Å². The second-order valence-electron chi connectivity index (χ2n) is 9.98. The second-order valence-corrected chi connectivity index (χ2v) is 9.98. The first-order chi connectivity index (χ1) is 19.0. The van der Waals surface area contributed by atoms with E-state index in [-0.39, 0.29) is 24.2 Å². The summed E-state index contributed by atoms with van der Waals surface area (Å²) >= 11 is 0. The van der Waals surface area contributed by atoms with E-state index in [1.54, 1.807) is 30.2 Å². The lowest BCUT2D eigenvalue weighted by atomic mass is 9.79. The van der Waals surface area contributed by atoms with E-state index in [4.69, 9.17) is 4.74 Å². The Hall–Kier alpha value is -3.71. The van der Waals surface area contributed by atoms with Gasteiger partial charge in [0.2, 0.25) is 5.91 Å². The molecule has 39 heavy (non-hydrogen) atoms. The molecule has 6 nitrogen and oxygen atoms in total. The molecule has 3 aromatic rings. The minimum atomic E-state index is -0.612. The van der Waals surface area contributed by atoms with E-state index in [9.17, 15) is 14.0 Å². The quantitative estimate of drug-likeness (QED) is 0.333. The largest absolute Gasteiger partial charge is 0.497 e. The third-order valence-corrected chi connectivity index (χ3v) is 7.25. The Morgan fingerprint density at radius 3 is 2.26 bits per heavy atom. The van der Waals surface area contributed by atoms with Gasteiger partial charge in [-0.05, 0) is 73.0 Å². The van der Waals surface area contributed by atoms with Crippen molar-refractivity contribution in [2.24, 2.45) is 0 Å². The second kappa shape index (κ2) is 13.4. The summed E-state index contributed by atoms with van der Waals surface area (Å²) in [5.41, 5.74) is 2.86. The molecule has 0 aliphatic carbocycles. The van der Waals surface area contributed by atoms with Crippen molar-refractivity contribution in [1.29, 1.82) is 0 Å². The van der Waals surface area contributed by atoms with Gasteiger partial charge in [-0.15, -0.1) is 0 Å². The molecule has 0 spiro atoms. The summed E-state index contributed by atoms with van der Waals surface area (Å²) in [5.74, 6) is -0.527. The minimum Gasteiger partial charge on any atom is -0.497 e. The van der Waals surface area contributed by atoms with Crippen LogP contribution in [0.3, 0.4) is 0 Å². The predicted octanol–water partition coefficient (Wildman–Crippen LogP) is 5.55. The van der Waals surface area contributed by atoms with E-state index in [1.807, 2.05) is 42.5 Å². The standard InChI is InChI=1S/C32H38FN3O3/c1-4-19-35(20-5-2)21-18-34-31(37)29-27-8-6-7-9-28(27)32(38)36(22-23-10-14-25(33)15-11-23)30(29)24-12-16-26(39-3)17-13-24/h6-17,29-30H,4-5,18-22H2,1-3H3,(H,34,37). The lowest BCUT2D eigenvalue weighted by molar-refractivity contribution is -0.124. The van der Waals surface area contributed by atoms with Crippen LogP contribution in [0, 0.1) is 5.82 Å². The van der Waals surface area contributed by atoms with Crippen LogP contribution in [-0.2, 0) is 11.3 Å². The first kappa shape index (κ1) is 28.3. The monoisotopic (exact) mass is 531 g/mol. The van der Waals surface area contributed by atoms with Crippen molar-refractivity contribution in [3.63, 3.8) is 0 Å². The molecule has 0 bridgehead atoms. The summed E-state index contributed by atoms with van der Waals surface area (Å²) in [5, 5.41) is 3.18. The molecule has 1 aliphatic rings. The zero-order valence-corrected chi connectivity index (χ0v) is 23.0. The number of nitrogens with one attached hydrogen (secondary N) is 1. The Balaban J connectivity index is 1.71. The maximum atomic E-state index is 14.0. The lowest BCUT2D eigenvalue weighted by Gasteiger charge is -2.42. The fourth-order valence-electron chi connectivity index (χ4n) is 5.42. The van der Waals surface area contributed by atoms with Gasteiger partial charge in [0.15, 0.2) is 0 Å². The number of hydrogen-bond acceptors (Lipinski definition) is 4. The third kappa shape index (κ3) is 6.66. The van der Waals surface area contributed by atoms with Crippen molar-refractivity contribution >= 4 is 11.8 Å². The number of halogens is 1. The van der Waals surface area contributed by atoms with Gasteiger partial charge in [0.25, 0.3) is 5.91 Å². The summed E-state index contributed by atoms with van der Waals surface area (Å²) < 4.78 is 19.0. The molecule has 206 valence electrons. The number of nitrogens with zero attached hydrogens (tertiary/aromatic N) is 2. The highest BCUT2D eigenvalue weighted by atomic mass is 19.1. The zero-order chi connectivity index (χ0) is 27.8. The van der Waals surface area contributed by atoms with Gasteiger partial charge in [-0.1, -0.05) is 56.3 Å². The lowest BCUT2D eigenvalue weighted by Crippen LogP contribution is -2.48. The summed E-state index contributed by atoms with van der Waals surface area (Å²) in [6, 6.07) is 20.5. The summed E-state index contributed by atoms with van der Waals surface area (Å²) in [6.45, 7) is 7.84. The molecule has 0 fully saturated rings. The summed E-state index contributed by atoms with van der Waals surface area (Å²) in [6.07, 6.45) is 2.12. The van der Waals surface area contributed by atoms with Crippen molar-refractivity contribution in [2.45, 2.75) is 45.2 Å². The van der Waals surface area contributed by atoms with Gasteiger partial charge in [0.1, 0.15) is 11.6 Å².